The van der Waals surface area contributed by atoms with Gasteiger partial charge >= 0.3 is 6.09 Å². The third kappa shape index (κ3) is 5.37. The Balaban J connectivity index is 2.65. The van der Waals surface area contributed by atoms with Crippen molar-refractivity contribution in [2.24, 2.45) is 5.16 Å². The Morgan fingerprint density at radius 3 is 2.70 bits per heavy atom. The molecule has 20 heavy (non-hydrogen) atoms. The number of oxime groups is 1. The van der Waals surface area contributed by atoms with Gasteiger partial charge in [0.2, 0.25) is 3.79 Å². The highest BCUT2D eigenvalue weighted by Crippen LogP contribution is 2.26. The zero-order valence-corrected chi connectivity index (χ0v) is 12.5. The molecule has 12 heteroatoms. The van der Waals surface area contributed by atoms with Crippen LogP contribution in [-0.2, 0) is 9.53 Å². The number of thiazole rings is 1. The number of carbonyl (C=O) groups is 2. The van der Waals surface area contributed by atoms with Crippen LogP contribution in [0.15, 0.2) is 10.5 Å². The van der Waals surface area contributed by atoms with E-state index >= 15 is 0 Å². The van der Waals surface area contributed by atoms with Crippen LogP contribution >= 0.6 is 46.1 Å². The van der Waals surface area contributed by atoms with Crippen molar-refractivity contribution in [3.05, 3.63) is 11.1 Å². The minimum absolute atomic E-state index is 0.0525. The van der Waals surface area contributed by atoms with E-state index in [1.165, 1.54) is 5.38 Å². The average Bonchev–Trinajstić information content (AvgIpc) is 2.74. The fourth-order valence-electron chi connectivity index (χ4n) is 0.924. The van der Waals surface area contributed by atoms with E-state index in [1.807, 2.05) is 0 Å². The molecule has 0 spiro atoms. The van der Waals surface area contributed by atoms with Crippen molar-refractivity contribution in [1.29, 1.82) is 0 Å². The summed E-state index contributed by atoms with van der Waals surface area (Å²) in [5, 5.41) is 14.8. The number of carbonyl (C=O) groups excluding carboxylic acids is 2. The SMILES string of the molecule is [NH]C(=O)C(=NO)c1csc(NC(=O)OCC(Cl)(Cl)Cl)n1. The number of nitrogens with zero attached hydrogens (tertiary/aromatic N) is 2. The average molecular weight is 361 g/mol. The van der Waals surface area contributed by atoms with Crippen LogP contribution in [0.2, 0.25) is 0 Å². The van der Waals surface area contributed by atoms with E-state index in [2.05, 4.69) is 20.2 Å². The molecule has 0 bridgehead atoms. The van der Waals surface area contributed by atoms with Crippen LogP contribution in [0.1, 0.15) is 5.69 Å². The summed E-state index contributed by atoms with van der Waals surface area (Å²) in [7, 11) is 0. The van der Waals surface area contributed by atoms with E-state index in [9.17, 15) is 9.59 Å². The maximum Gasteiger partial charge on any atom is 0.413 e. The smallest absolute Gasteiger partial charge is 0.413 e. The van der Waals surface area contributed by atoms with Crippen LogP contribution in [-0.4, -0.2) is 38.3 Å². The predicted octanol–water partition coefficient (Wildman–Crippen LogP) is 2.05. The summed E-state index contributed by atoms with van der Waals surface area (Å²) in [5.41, 5.74) is 6.22. The predicted molar refractivity (Wildman–Crippen MR) is 73.8 cm³/mol. The van der Waals surface area contributed by atoms with E-state index in [0.29, 0.717) is 0 Å². The monoisotopic (exact) mass is 359 g/mol. The number of hydrogen-bond acceptors (Lipinski definition) is 7. The Kier molecular flexibility index (Phi) is 5.81. The lowest BCUT2D eigenvalue weighted by atomic mass is 10.3. The van der Waals surface area contributed by atoms with Crippen LogP contribution in [0.3, 0.4) is 0 Å². The van der Waals surface area contributed by atoms with Crippen molar-refractivity contribution in [3.63, 3.8) is 0 Å². The summed E-state index contributed by atoms with van der Waals surface area (Å²) in [5.74, 6) is -1.22. The highest BCUT2D eigenvalue weighted by atomic mass is 35.6. The number of aromatic nitrogens is 1. The minimum Gasteiger partial charge on any atom is -0.445 e. The molecule has 1 heterocycles. The van der Waals surface area contributed by atoms with Gasteiger partial charge < -0.3 is 9.94 Å². The summed E-state index contributed by atoms with van der Waals surface area (Å²) in [6, 6.07) is 0. The molecular weight excluding hydrogens is 355 g/mol. The van der Waals surface area contributed by atoms with Gasteiger partial charge in [-0.15, -0.1) is 11.3 Å². The molecule has 0 aliphatic rings. The number of halogens is 3. The maximum absolute atomic E-state index is 11.3. The van der Waals surface area contributed by atoms with Gasteiger partial charge in [-0.2, -0.15) is 0 Å². The zero-order valence-electron chi connectivity index (χ0n) is 9.39. The molecule has 109 valence electrons. The van der Waals surface area contributed by atoms with Gasteiger partial charge in [0.05, 0.1) is 0 Å². The van der Waals surface area contributed by atoms with E-state index in [4.69, 9.17) is 45.7 Å². The molecule has 0 aliphatic carbocycles. The van der Waals surface area contributed by atoms with Crippen molar-refractivity contribution in [2.75, 3.05) is 11.9 Å². The summed E-state index contributed by atoms with van der Waals surface area (Å²) in [4.78, 5) is 25.9. The molecule has 0 atom stereocenters. The van der Waals surface area contributed by atoms with Crippen molar-refractivity contribution in [3.8, 4) is 0 Å². The van der Waals surface area contributed by atoms with Crippen molar-refractivity contribution < 1.29 is 19.5 Å². The number of alkyl halides is 3. The van der Waals surface area contributed by atoms with Gasteiger partial charge in [-0.3, -0.25) is 15.8 Å². The van der Waals surface area contributed by atoms with Crippen LogP contribution in [0.4, 0.5) is 9.93 Å². The Hall–Kier alpha value is -1.29. The lowest BCUT2D eigenvalue weighted by molar-refractivity contribution is -0.112. The molecular formula is C8H6Cl3N4O4S. The first kappa shape index (κ1) is 16.8. The van der Waals surface area contributed by atoms with Gasteiger partial charge in [-0.05, 0) is 0 Å². The molecule has 1 radical (unpaired) electrons. The second kappa shape index (κ2) is 6.93. The first-order valence-corrected chi connectivity index (χ1v) is 6.68. The van der Waals surface area contributed by atoms with E-state index in [-0.39, 0.29) is 10.8 Å². The largest absolute Gasteiger partial charge is 0.445 e. The summed E-state index contributed by atoms with van der Waals surface area (Å²) in [6.07, 6.45) is -0.920. The second-order valence-corrected chi connectivity index (χ2v) is 6.51. The summed E-state index contributed by atoms with van der Waals surface area (Å²) in [6.45, 7) is -0.462. The molecule has 1 aromatic rings. The van der Waals surface area contributed by atoms with Gasteiger partial charge in [-0.25, -0.2) is 9.78 Å². The fourth-order valence-corrected chi connectivity index (χ4v) is 1.77. The number of ether oxygens (including phenoxy) is 1. The number of rotatable bonds is 4. The van der Waals surface area contributed by atoms with Gasteiger partial charge in [0.1, 0.15) is 12.3 Å². The molecule has 1 rings (SSSR count). The molecule has 0 aromatic carbocycles. The third-order valence-corrected chi connectivity index (χ3v) is 2.72. The van der Waals surface area contributed by atoms with Crippen LogP contribution in [0.5, 0.6) is 0 Å². The standard InChI is InChI=1S/C8H6Cl3N4O4S/c9-8(10,11)2-19-7(17)14-6-13-3(1-20-6)4(15-18)5(12)16/h1,12,18H,2H2,(H,13,14,17). The first-order valence-electron chi connectivity index (χ1n) is 4.67. The molecule has 8 nitrogen and oxygen atoms in total. The lowest BCUT2D eigenvalue weighted by Crippen LogP contribution is -2.21. The molecule has 0 unspecified atom stereocenters. The Labute approximate surface area is 131 Å². The first-order chi connectivity index (χ1) is 9.23. The topological polar surface area (TPSA) is 125 Å². The maximum atomic E-state index is 11.3. The van der Waals surface area contributed by atoms with Crippen molar-refractivity contribution in [2.45, 2.75) is 3.79 Å². The number of amides is 2. The van der Waals surface area contributed by atoms with Crippen molar-refractivity contribution >= 4 is 69.0 Å². The Bertz CT molecular complexity index is 542. The molecule has 0 fully saturated rings. The Morgan fingerprint density at radius 1 is 1.55 bits per heavy atom. The molecule has 3 N–H and O–H groups in total. The molecule has 0 saturated carbocycles. The fraction of sp³-hybridized carbons (Fsp3) is 0.250. The number of hydrogen-bond donors (Lipinski definition) is 2. The lowest BCUT2D eigenvalue weighted by Gasteiger charge is -2.10. The van der Waals surface area contributed by atoms with Crippen molar-refractivity contribution in [1.82, 2.24) is 10.7 Å². The highest BCUT2D eigenvalue weighted by Gasteiger charge is 2.23. The van der Waals surface area contributed by atoms with E-state index < -0.39 is 28.1 Å². The summed E-state index contributed by atoms with van der Waals surface area (Å²) >= 11 is 17.1. The van der Waals surface area contributed by atoms with Gasteiger partial charge in [0, 0.05) is 5.38 Å². The quantitative estimate of drug-likeness (QED) is 0.368. The van der Waals surface area contributed by atoms with Gasteiger partial charge in [-0.1, -0.05) is 40.0 Å². The Morgan fingerprint density at radius 2 is 2.20 bits per heavy atom. The van der Waals surface area contributed by atoms with Crippen LogP contribution in [0, 0.1) is 0 Å². The van der Waals surface area contributed by atoms with Crippen LogP contribution < -0.4 is 11.1 Å². The normalized spacial score (nSPS) is 12.1. The number of nitrogens with one attached hydrogen (secondary N) is 2. The summed E-state index contributed by atoms with van der Waals surface area (Å²) < 4.78 is 2.85. The van der Waals surface area contributed by atoms with Gasteiger partial charge in [0.15, 0.2) is 10.8 Å². The van der Waals surface area contributed by atoms with E-state index in [1.54, 1.807) is 0 Å². The molecule has 0 aliphatic heterocycles. The molecule has 0 saturated heterocycles. The molecule has 1 aromatic heterocycles. The third-order valence-electron chi connectivity index (χ3n) is 1.64. The highest BCUT2D eigenvalue weighted by molar-refractivity contribution is 7.14. The second-order valence-electron chi connectivity index (χ2n) is 3.13. The van der Waals surface area contributed by atoms with Crippen LogP contribution in [0.25, 0.3) is 0 Å². The zero-order chi connectivity index (χ0) is 15.3. The number of anilines is 1. The van der Waals surface area contributed by atoms with Gasteiger partial charge in [0.25, 0.3) is 5.91 Å². The van der Waals surface area contributed by atoms with E-state index in [0.717, 1.165) is 11.3 Å². The molecule has 2 amide bonds. The minimum atomic E-state index is -1.74.